The lowest BCUT2D eigenvalue weighted by molar-refractivity contribution is -0.438. The number of hydrogen-bond donors (Lipinski definition) is 4. The Morgan fingerprint density at radius 3 is 1.92 bits per heavy atom. The van der Waals surface area contributed by atoms with Gasteiger partial charge in [0.2, 0.25) is 5.69 Å². The van der Waals surface area contributed by atoms with Gasteiger partial charge in [0.15, 0.2) is 5.71 Å². The van der Waals surface area contributed by atoms with Gasteiger partial charge in [-0.15, -0.1) is 0 Å². The number of aliphatic carboxylic acids is 1. The van der Waals surface area contributed by atoms with E-state index in [1.807, 2.05) is 48.5 Å². The number of allylic oxidation sites excluding steroid dienone is 4. The van der Waals surface area contributed by atoms with Gasteiger partial charge in [0.05, 0.1) is 60.6 Å². The number of rotatable bonds is 27. The summed E-state index contributed by atoms with van der Waals surface area (Å²) in [5, 5.41) is 9.17. The molecule has 340 valence electrons. The summed E-state index contributed by atoms with van der Waals surface area (Å²) in [7, 11) is -11.9. The fraction of sp³-hybridized carbons (Fsp3) is 0.561. The van der Waals surface area contributed by atoms with E-state index in [0.29, 0.717) is 101 Å². The van der Waals surface area contributed by atoms with Crippen molar-refractivity contribution in [3.8, 4) is 0 Å². The van der Waals surface area contributed by atoms with Crippen molar-refractivity contribution in [2.24, 2.45) is 0 Å². The van der Waals surface area contributed by atoms with Crippen LogP contribution in [0.4, 0.5) is 11.4 Å². The summed E-state index contributed by atoms with van der Waals surface area (Å²) in [5.74, 6) is -1.46. The fourth-order valence-electron chi connectivity index (χ4n) is 8.01. The van der Waals surface area contributed by atoms with Crippen LogP contribution in [0.2, 0.25) is 0 Å². The van der Waals surface area contributed by atoms with Crippen molar-refractivity contribution in [1.82, 2.24) is 0 Å². The lowest BCUT2D eigenvalue weighted by Gasteiger charge is -2.30. The van der Waals surface area contributed by atoms with E-state index < -0.39 is 52.9 Å². The molecule has 0 aromatic heterocycles. The number of carboxylic acids is 1. The molecule has 2 aromatic rings. The predicted octanol–water partition coefficient (Wildman–Crippen LogP) is 5.17. The number of anilines is 1. The van der Waals surface area contributed by atoms with Crippen molar-refractivity contribution in [3.05, 3.63) is 71.5 Å². The highest BCUT2D eigenvalue weighted by atomic mass is 32.2. The molecule has 4 N–H and O–H groups in total. The molecule has 0 saturated carbocycles. The molecule has 0 saturated heterocycles. The van der Waals surface area contributed by atoms with Gasteiger partial charge in [-0.25, -0.2) is 0 Å². The lowest BCUT2D eigenvalue weighted by Crippen LogP contribution is -2.32. The molecule has 0 bridgehead atoms. The third kappa shape index (κ3) is 13.2. The summed E-state index contributed by atoms with van der Waals surface area (Å²) in [4.78, 5) is 12.6. The first-order chi connectivity index (χ1) is 28.7. The fourth-order valence-corrected chi connectivity index (χ4v) is 9.54. The molecule has 2 aromatic carbocycles. The first-order valence-corrected chi connectivity index (χ1v) is 24.6. The molecule has 4 rings (SSSR count). The second kappa shape index (κ2) is 21.7. The lowest BCUT2D eigenvalue weighted by atomic mass is 9.75. The SMILES string of the molecule is CCN1/C(=C/C=C/C2=[N+](CCCCCC(=O)O)c3ccc(S(=O)(=O)O)cc3C2(C)CCCS(=O)(=O)O)C(C)(CCOCCOCCOCCOC)c2cc(S(=O)(=O)O)ccc21. The van der Waals surface area contributed by atoms with Crippen molar-refractivity contribution in [2.45, 2.75) is 86.3 Å². The minimum atomic E-state index is -4.63. The first kappa shape index (κ1) is 50.1. The molecule has 2 atom stereocenters. The van der Waals surface area contributed by atoms with E-state index in [0.717, 1.165) is 11.4 Å². The third-order valence-electron chi connectivity index (χ3n) is 11.1. The number of nitrogens with zero attached hydrogens (tertiary/aromatic N) is 2. The first-order valence-electron chi connectivity index (χ1n) is 20.1. The summed E-state index contributed by atoms with van der Waals surface area (Å²) in [5.41, 5.74) is 2.14. The average Bonchev–Trinajstić information content (AvgIpc) is 3.55. The number of ether oxygens (including phenoxy) is 4. The van der Waals surface area contributed by atoms with Crippen LogP contribution in [0.15, 0.2) is 70.1 Å². The molecule has 2 heterocycles. The summed E-state index contributed by atoms with van der Waals surface area (Å²) < 4.78 is 126. The molecule has 0 fully saturated rings. The number of benzene rings is 2. The van der Waals surface area contributed by atoms with Gasteiger partial charge in [0.25, 0.3) is 30.4 Å². The second-order valence-corrected chi connectivity index (χ2v) is 19.8. The number of hydrogen-bond acceptors (Lipinski definition) is 12. The minimum absolute atomic E-state index is 0.00352. The zero-order chi connectivity index (χ0) is 45.1. The number of likely N-dealkylation sites (N-methyl/N-ethyl adjacent to an activating group) is 1. The zero-order valence-corrected chi connectivity index (χ0v) is 37.6. The van der Waals surface area contributed by atoms with Gasteiger partial charge in [-0.3, -0.25) is 18.5 Å². The molecule has 17 nitrogen and oxygen atoms in total. The summed E-state index contributed by atoms with van der Waals surface area (Å²) in [6.45, 7) is 9.26. The molecule has 0 spiro atoms. The topological polar surface area (TPSA) is 244 Å². The molecule has 0 amide bonds. The van der Waals surface area contributed by atoms with E-state index in [1.54, 1.807) is 19.2 Å². The molecule has 0 radical (unpaired) electrons. The quantitative estimate of drug-likeness (QED) is 0.0513. The number of carbonyl (C=O) groups is 1. The Balaban J connectivity index is 1.75. The van der Waals surface area contributed by atoms with E-state index >= 15 is 0 Å². The van der Waals surface area contributed by atoms with E-state index in [-0.39, 0.29) is 35.7 Å². The third-order valence-corrected chi connectivity index (χ3v) is 13.6. The Bertz CT molecular complexity index is 2290. The van der Waals surface area contributed by atoms with E-state index in [2.05, 4.69) is 0 Å². The van der Waals surface area contributed by atoms with Crippen LogP contribution in [-0.2, 0) is 64.9 Å². The maximum absolute atomic E-state index is 12.3. The standard InChI is InChI=1S/C41H58N2O15S3/c1-5-42-35-16-14-31(60(49,50)51)29-33(35)41(3,19-21-56-24-25-58-27-26-57-23-22-55-4)37(42)11-9-12-38-40(2,18-10-28-59(46,47)48)34-30-32(61(52,53)54)15-17-36(34)43(38)20-8-6-7-13-39(44)45/h9,11-12,14-17,29-30H,5-8,10,13,18-28H2,1-4H3,(H3-,44,45,46,47,48,49,50,51,52,53,54)/p+1. The van der Waals surface area contributed by atoms with Gasteiger partial charge in [0, 0.05) is 67.6 Å². The largest absolute Gasteiger partial charge is 0.481 e. The number of methoxy groups -OCH3 is 1. The van der Waals surface area contributed by atoms with Gasteiger partial charge in [-0.2, -0.15) is 29.8 Å². The van der Waals surface area contributed by atoms with Crippen LogP contribution in [0.25, 0.3) is 0 Å². The van der Waals surface area contributed by atoms with Crippen LogP contribution in [-0.4, -0.2) is 132 Å². The molecular formula is C41H59N2O15S3+. The van der Waals surface area contributed by atoms with E-state index in [9.17, 15) is 48.8 Å². The number of carboxylic acid groups (broad SMARTS) is 1. The molecule has 0 aliphatic carbocycles. The van der Waals surface area contributed by atoms with Crippen molar-refractivity contribution in [3.63, 3.8) is 0 Å². The van der Waals surface area contributed by atoms with Gasteiger partial charge in [-0.05, 0) is 94.8 Å². The minimum Gasteiger partial charge on any atom is -0.481 e. The highest BCUT2D eigenvalue weighted by Crippen LogP contribution is 2.51. The van der Waals surface area contributed by atoms with Crippen molar-refractivity contribution in [1.29, 1.82) is 0 Å². The highest BCUT2D eigenvalue weighted by molar-refractivity contribution is 7.86. The maximum atomic E-state index is 12.3. The normalized spacial score (nSPS) is 20.0. The van der Waals surface area contributed by atoms with Gasteiger partial charge >= 0.3 is 5.97 Å². The molecule has 2 aliphatic heterocycles. The average molecular weight is 916 g/mol. The number of fused-ring (bicyclic) bond motifs is 2. The van der Waals surface area contributed by atoms with Crippen molar-refractivity contribution < 1.29 is 72.3 Å². The van der Waals surface area contributed by atoms with E-state index in [1.165, 1.54) is 24.3 Å². The second-order valence-electron chi connectivity index (χ2n) is 15.3. The molecule has 2 aliphatic rings. The van der Waals surface area contributed by atoms with Crippen LogP contribution in [0, 0.1) is 0 Å². The Hall–Kier alpha value is -3.57. The predicted molar refractivity (Wildman–Crippen MR) is 228 cm³/mol. The van der Waals surface area contributed by atoms with Gasteiger partial charge < -0.3 is 29.0 Å². The maximum Gasteiger partial charge on any atom is 0.303 e. The van der Waals surface area contributed by atoms with Crippen LogP contribution in [0.1, 0.15) is 76.8 Å². The zero-order valence-electron chi connectivity index (χ0n) is 35.1. The number of unbranched alkanes of at least 4 members (excludes halogenated alkanes) is 2. The molecule has 20 heteroatoms. The molecule has 61 heavy (non-hydrogen) atoms. The monoisotopic (exact) mass is 915 g/mol. The Morgan fingerprint density at radius 1 is 0.754 bits per heavy atom. The van der Waals surface area contributed by atoms with Crippen LogP contribution in [0.3, 0.4) is 0 Å². The van der Waals surface area contributed by atoms with Gasteiger partial charge in [-0.1, -0.05) is 6.08 Å². The molecular weight excluding hydrogens is 857 g/mol. The molecule has 2 unspecified atom stereocenters. The van der Waals surface area contributed by atoms with Gasteiger partial charge in [0.1, 0.15) is 6.54 Å². The van der Waals surface area contributed by atoms with Crippen LogP contribution in [0.5, 0.6) is 0 Å². The Kier molecular flexibility index (Phi) is 17.8. The smallest absolute Gasteiger partial charge is 0.303 e. The summed E-state index contributed by atoms with van der Waals surface area (Å²) >= 11 is 0. The van der Waals surface area contributed by atoms with Crippen LogP contribution < -0.4 is 4.90 Å². The summed E-state index contributed by atoms with van der Waals surface area (Å²) in [6, 6.07) is 8.70. The Labute approximate surface area is 359 Å². The van der Waals surface area contributed by atoms with Crippen LogP contribution >= 0.6 is 0 Å². The van der Waals surface area contributed by atoms with Crippen molar-refractivity contribution in [2.75, 3.05) is 77.1 Å². The van der Waals surface area contributed by atoms with E-state index in [4.69, 9.17) is 18.9 Å². The highest BCUT2D eigenvalue weighted by Gasteiger charge is 2.48. The van der Waals surface area contributed by atoms with Crippen molar-refractivity contribution >= 4 is 53.4 Å². The summed E-state index contributed by atoms with van der Waals surface area (Å²) in [6.07, 6.45) is 7.70. The Morgan fingerprint density at radius 2 is 1.34 bits per heavy atom.